The summed E-state index contributed by atoms with van der Waals surface area (Å²) < 4.78 is 0. The first-order valence-electron chi connectivity index (χ1n) is 10.1. The summed E-state index contributed by atoms with van der Waals surface area (Å²) in [6.45, 7) is 8.69. The Kier molecular flexibility index (Phi) is 7.84. The molecule has 2 unspecified atom stereocenters. The van der Waals surface area contributed by atoms with Crippen molar-refractivity contribution in [1.82, 2.24) is 0 Å². The Morgan fingerprint density at radius 1 is 1.04 bits per heavy atom. The van der Waals surface area contributed by atoms with Crippen LogP contribution in [0.5, 0.6) is 0 Å². The topological polar surface area (TPSA) is 37.3 Å². The van der Waals surface area contributed by atoms with Gasteiger partial charge in [-0.05, 0) is 65.8 Å². The number of carboxylic acids is 1. The van der Waals surface area contributed by atoms with Crippen LogP contribution in [0.15, 0.2) is 48.5 Å². The van der Waals surface area contributed by atoms with Gasteiger partial charge in [0.2, 0.25) is 0 Å². The van der Waals surface area contributed by atoms with E-state index in [4.69, 9.17) is 0 Å². The zero-order valence-corrected chi connectivity index (χ0v) is 17.0. The second-order valence-corrected chi connectivity index (χ2v) is 7.44. The lowest BCUT2D eigenvalue weighted by Crippen LogP contribution is -2.06. The van der Waals surface area contributed by atoms with Gasteiger partial charge in [-0.15, -0.1) is 0 Å². The van der Waals surface area contributed by atoms with Crippen molar-refractivity contribution in [3.63, 3.8) is 0 Å². The number of rotatable bonds is 9. The molecule has 0 radical (unpaired) electrons. The first-order chi connectivity index (χ1) is 13.0. The molecule has 0 bridgehead atoms. The average Bonchev–Trinajstić information content (AvgIpc) is 2.70. The molecule has 0 saturated carbocycles. The molecule has 2 atom stereocenters. The van der Waals surface area contributed by atoms with Crippen molar-refractivity contribution < 1.29 is 9.90 Å². The molecule has 2 aromatic carbocycles. The Bertz CT molecular complexity index is 771. The lowest BCUT2D eigenvalue weighted by Gasteiger charge is -2.15. The molecule has 1 N–H and O–H groups in total. The Labute approximate surface area is 163 Å². The Hall–Kier alpha value is -2.35. The third-order valence-electron chi connectivity index (χ3n) is 5.48. The molecular formula is C25H32O2. The molecule has 0 spiro atoms. The summed E-state index contributed by atoms with van der Waals surface area (Å²) in [5.41, 5.74) is 5.19. The van der Waals surface area contributed by atoms with Crippen LogP contribution in [-0.2, 0) is 6.42 Å². The first-order valence-corrected chi connectivity index (χ1v) is 10.1. The van der Waals surface area contributed by atoms with Crippen molar-refractivity contribution in [2.45, 2.75) is 65.2 Å². The van der Waals surface area contributed by atoms with E-state index in [1.54, 1.807) is 6.07 Å². The van der Waals surface area contributed by atoms with Crippen LogP contribution in [-0.4, -0.2) is 11.1 Å². The Morgan fingerprint density at radius 3 is 2.33 bits per heavy atom. The maximum atomic E-state index is 11.5. The van der Waals surface area contributed by atoms with E-state index in [-0.39, 0.29) is 5.92 Å². The van der Waals surface area contributed by atoms with Crippen LogP contribution in [0.1, 0.15) is 91.4 Å². The highest BCUT2D eigenvalue weighted by molar-refractivity contribution is 5.89. The van der Waals surface area contributed by atoms with Gasteiger partial charge in [-0.2, -0.15) is 0 Å². The largest absolute Gasteiger partial charge is 0.478 e. The van der Waals surface area contributed by atoms with Crippen LogP contribution >= 0.6 is 0 Å². The number of aryl methyl sites for hydroxylation is 1. The predicted molar refractivity (Wildman–Crippen MR) is 115 cm³/mol. The highest BCUT2D eigenvalue weighted by Gasteiger charge is 2.15. The van der Waals surface area contributed by atoms with Crippen molar-refractivity contribution in [3.05, 3.63) is 76.4 Å². The van der Waals surface area contributed by atoms with Crippen LogP contribution in [0.3, 0.4) is 0 Å². The van der Waals surface area contributed by atoms with Crippen LogP contribution in [0.4, 0.5) is 0 Å². The minimum atomic E-state index is -0.837. The summed E-state index contributed by atoms with van der Waals surface area (Å²) in [6, 6.07) is 14.5. The molecule has 0 aliphatic rings. The van der Waals surface area contributed by atoms with Gasteiger partial charge in [-0.3, -0.25) is 0 Å². The van der Waals surface area contributed by atoms with Gasteiger partial charge in [-0.25, -0.2) is 4.79 Å². The summed E-state index contributed by atoms with van der Waals surface area (Å²) in [7, 11) is 0. The van der Waals surface area contributed by atoms with Crippen molar-refractivity contribution in [3.8, 4) is 0 Å². The summed E-state index contributed by atoms with van der Waals surface area (Å²) in [6.07, 6.45) is 8.31. The fourth-order valence-corrected chi connectivity index (χ4v) is 3.33. The quantitative estimate of drug-likeness (QED) is 0.517. The molecule has 27 heavy (non-hydrogen) atoms. The highest BCUT2D eigenvalue weighted by Crippen LogP contribution is 2.26. The van der Waals surface area contributed by atoms with E-state index in [2.05, 4.69) is 70.2 Å². The summed E-state index contributed by atoms with van der Waals surface area (Å²) in [5.74, 6) is -0.0114. The summed E-state index contributed by atoms with van der Waals surface area (Å²) >= 11 is 0. The van der Waals surface area contributed by atoms with E-state index in [0.717, 1.165) is 31.2 Å². The van der Waals surface area contributed by atoms with Crippen LogP contribution < -0.4 is 0 Å². The van der Waals surface area contributed by atoms with E-state index in [1.165, 1.54) is 16.7 Å². The van der Waals surface area contributed by atoms with Gasteiger partial charge in [-0.1, -0.05) is 76.2 Å². The molecule has 2 rings (SSSR count). The number of hydrogen-bond acceptors (Lipinski definition) is 1. The number of hydrogen-bond donors (Lipinski definition) is 1. The molecule has 0 aliphatic heterocycles. The van der Waals surface area contributed by atoms with Crippen molar-refractivity contribution in [1.29, 1.82) is 0 Å². The molecule has 0 heterocycles. The number of allylic oxidation sites excluding steroid dienone is 1. The van der Waals surface area contributed by atoms with Crippen molar-refractivity contribution in [2.24, 2.45) is 0 Å². The lowest BCUT2D eigenvalue weighted by molar-refractivity contribution is 0.0695. The second-order valence-electron chi connectivity index (χ2n) is 7.44. The number of carbonyl (C=O) groups is 1. The van der Waals surface area contributed by atoms with E-state index >= 15 is 0 Å². The third kappa shape index (κ3) is 5.82. The van der Waals surface area contributed by atoms with Crippen molar-refractivity contribution in [2.75, 3.05) is 0 Å². The zero-order valence-electron chi connectivity index (χ0n) is 17.0. The SMILES string of the molecule is CCc1ccc(C(=O)O)c(C(C)CCC=Cc2ccc(C(C)CC)cc2)c1. The van der Waals surface area contributed by atoms with Gasteiger partial charge in [0.25, 0.3) is 0 Å². The molecule has 0 aliphatic carbocycles. The van der Waals surface area contributed by atoms with Crippen LogP contribution in [0.25, 0.3) is 6.08 Å². The van der Waals surface area contributed by atoms with E-state index in [9.17, 15) is 9.90 Å². The fraction of sp³-hybridized carbons (Fsp3) is 0.400. The van der Waals surface area contributed by atoms with Gasteiger partial charge in [0, 0.05) is 0 Å². The fourth-order valence-electron chi connectivity index (χ4n) is 3.33. The summed E-state index contributed by atoms with van der Waals surface area (Å²) in [4.78, 5) is 11.5. The molecule has 0 saturated heterocycles. The van der Waals surface area contributed by atoms with Crippen LogP contribution in [0, 0.1) is 0 Å². The first kappa shape index (κ1) is 21.0. The van der Waals surface area contributed by atoms with Gasteiger partial charge in [0.05, 0.1) is 5.56 Å². The molecule has 0 fully saturated rings. The molecule has 2 aromatic rings. The molecule has 2 nitrogen and oxygen atoms in total. The number of carboxylic acid groups (broad SMARTS) is 1. The van der Waals surface area contributed by atoms with Gasteiger partial charge in [0.1, 0.15) is 0 Å². The standard InChI is InChI=1S/C25H32O2/c1-5-18(3)22-14-11-21(12-15-22)10-8-7-9-19(4)24-17-20(6-2)13-16-23(24)25(26)27/h8,10-19H,5-7,9H2,1-4H3,(H,26,27). The Balaban J connectivity index is 1.98. The average molecular weight is 365 g/mol. The van der Waals surface area contributed by atoms with Crippen LogP contribution in [0.2, 0.25) is 0 Å². The predicted octanol–water partition coefficient (Wildman–Crippen LogP) is 7.06. The smallest absolute Gasteiger partial charge is 0.335 e. The number of benzene rings is 2. The monoisotopic (exact) mass is 364 g/mol. The number of aromatic carboxylic acids is 1. The summed E-state index contributed by atoms with van der Waals surface area (Å²) in [5, 5.41) is 9.46. The highest BCUT2D eigenvalue weighted by atomic mass is 16.4. The Morgan fingerprint density at radius 2 is 1.74 bits per heavy atom. The van der Waals surface area contributed by atoms with E-state index in [0.29, 0.717) is 11.5 Å². The van der Waals surface area contributed by atoms with Gasteiger partial charge >= 0.3 is 5.97 Å². The molecule has 144 valence electrons. The lowest BCUT2D eigenvalue weighted by atomic mass is 9.90. The molecule has 0 amide bonds. The third-order valence-corrected chi connectivity index (χ3v) is 5.48. The van der Waals surface area contributed by atoms with E-state index in [1.807, 2.05) is 6.07 Å². The second kappa shape index (κ2) is 10.1. The normalized spacial score (nSPS) is 13.6. The maximum absolute atomic E-state index is 11.5. The van der Waals surface area contributed by atoms with Gasteiger partial charge in [0.15, 0.2) is 0 Å². The van der Waals surface area contributed by atoms with Gasteiger partial charge < -0.3 is 5.11 Å². The molecule has 0 aromatic heterocycles. The maximum Gasteiger partial charge on any atom is 0.335 e. The van der Waals surface area contributed by atoms with Crippen molar-refractivity contribution >= 4 is 12.0 Å². The molecule has 2 heteroatoms. The minimum absolute atomic E-state index is 0.222. The zero-order chi connectivity index (χ0) is 19.8. The molecular weight excluding hydrogens is 332 g/mol. The van der Waals surface area contributed by atoms with E-state index < -0.39 is 5.97 Å². The minimum Gasteiger partial charge on any atom is -0.478 e.